The SMILES string of the molecule is C=C(C)CN(C)c1ncc(CNCC)cc1Cl. The van der Waals surface area contributed by atoms with Crippen LogP contribution in [0.1, 0.15) is 19.4 Å². The Morgan fingerprint density at radius 3 is 2.82 bits per heavy atom. The molecule has 0 unspecified atom stereocenters. The van der Waals surface area contributed by atoms with Gasteiger partial charge in [-0.2, -0.15) is 0 Å². The van der Waals surface area contributed by atoms with E-state index in [1.807, 2.05) is 31.1 Å². The molecular weight excluding hydrogens is 234 g/mol. The van der Waals surface area contributed by atoms with Crippen molar-refractivity contribution in [1.82, 2.24) is 10.3 Å². The predicted octanol–water partition coefficient (Wildman–Crippen LogP) is 2.86. The van der Waals surface area contributed by atoms with E-state index in [4.69, 9.17) is 11.6 Å². The first-order valence-electron chi connectivity index (χ1n) is 5.75. The van der Waals surface area contributed by atoms with Crippen LogP contribution in [-0.2, 0) is 6.54 Å². The number of anilines is 1. The van der Waals surface area contributed by atoms with Crippen LogP contribution in [-0.4, -0.2) is 25.1 Å². The van der Waals surface area contributed by atoms with Crippen LogP contribution in [0.3, 0.4) is 0 Å². The summed E-state index contributed by atoms with van der Waals surface area (Å²) in [6.07, 6.45) is 1.86. The molecule has 0 atom stereocenters. The molecule has 0 fully saturated rings. The van der Waals surface area contributed by atoms with Crippen molar-refractivity contribution in [3.8, 4) is 0 Å². The second-order valence-electron chi connectivity index (χ2n) is 4.24. The van der Waals surface area contributed by atoms with E-state index in [9.17, 15) is 0 Å². The fourth-order valence-corrected chi connectivity index (χ4v) is 1.93. The van der Waals surface area contributed by atoms with Gasteiger partial charge in [-0.05, 0) is 25.1 Å². The lowest BCUT2D eigenvalue weighted by Crippen LogP contribution is -2.21. The van der Waals surface area contributed by atoms with E-state index in [0.29, 0.717) is 5.02 Å². The molecule has 1 N–H and O–H groups in total. The monoisotopic (exact) mass is 253 g/mol. The summed E-state index contributed by atoms with van der Waals surface area (Å²) in [4.78, 5) is 6.40. The van der Waals surface area contributed by atoms with Crippen LogP contribution in [0, 0.1) is 0 Å². The van der Waals surface area contributed by atoms with Gasteiger partial charge in [0.05, 0.1) is 5.02 Å². The van der Waals surface area contributed by atoms with Crippen LogP contribution >= 0.6 is 11.6 Å². The van der Waals surface area contributed by atoms with Gasteiger partial charge >= 0.3 is 0 Å². The molecule has 0 aromatic carbocycles. The van der Waals surface area contributed by atoms with Crippen molar-refractivity contribution >= 4 is 17.4 Å². The summed E-state index contributed by atoms with van der Waals surface area (Å²) in [7, 11) is 1.97. The predicted molar refractivity (Wildman–Crippen MR) is 74.7 cm³/mol. The fourth-order valence-electron chi connectivity index (χ4n) is 1.60. The van der Waals surface area contributed by atoms with Crippen molar-refractivity contribution in [2.45, 2.75) is 20.4 Å². The van der Waals surface area contributed by atoms with Crippen LogP contribution in [0.2, 0.25) is 5.02 Å². The summed E-state index contributed by atoms with van der Waals surface area (Å²) in [5, 5.41) is 3.93. The van der Waals surface area contributed by atoms with E-state index < -0.39 is 0 Å². The standard InChI is InChI=1S/C13H20ClN3/c1-5-15-7-11-6-12(14)13(16-8-11)17(4)9-10(2)3/h6,8,15H,2,5,7,9H2,1,3-4H3. The van der Waals surface area contributed by atoms with Crippen molar-refractivity contribution in [2.75, 3.05) is 25.0 Å². The number of aromatic nitrogens is 1. The molecule has 4 heteroatoms. The normalized spacial score (nSPS) is 10.4. The van der Waals surface area contributed by atoms with Crippen molar-refractivity contribution < 1.29 is 0 Å². The second kappa shape index (κ2) is 6.62. The molecule has 0 aliphatic heterocycles. The summed E-state index contributed by atoms with van der Waals surface area (Å²) >= 11 is 6.23. The Bertz CT molecular complexity index is 390. The minimum Gasteiger partial charge on any atom is -0.354 e. The Balaban J connectivity index is 2.78. The molecule has 0 amide bonds. The zero-order valence-electron chi connectivity index (χ0n) is 10.8. The molecule has 0 radical (unpaired) electrons. The molecule has 0 saturated carbocycles. The number of likely N-dealkylation sites (N-methyl/N-ethyl adjacent to an activating group) is 1. The van der Waals surface area contributed by atoms with E-state index in [1.54, 1.807) is 0 Å². The second-order valence-corrected chi connectivity index (χ2v) is 4.65. The fraction of sp³-hybridized carbons (Fsp3) is 0.462. The number of nitrogens with zero attached hydrogens (tertiary/aromatic N) is 2. The highest BCUT2D eigenvalue weighted by Gasteiger charge is 2.08. The van der Waals surface area contributed by atoms with Gasteiger partial charge in [0, 0.05) is 26.3 Å². The highest BCUT2D eigenvalue weighted by atomic mass is 35.5. The van der Waals surface area contributed by atoms with Gasteiger partial charge in [-0.25, -0.2) is 4.98 Å². The van der Waals surface area contributed by atoms with Gasteiger partial charge in [0.1, 0.15) is 5.82 Å². The molecule has 0 aliphatic rings. The average molecular weight is 254 g/mol. The summed E-state index contributed by atoms with van der Waals surface area (Å²) in [6.45, 7) is 10.5. The third-order valence-corrected chi connectivity index (χ3v) is 2.60. The summed E-state index contributed by atoms with van der Waals surface area (Å²) in [5.41, 5.74) is 2.19. The number of halogens is 1. The number of rotatable bonds is 6. The lowest BCUT2D eigenvalue weighted by Gasteiger charge is -2.19. The Hall–Kier alpha value is -1.06. The third-order valence-electron chi connectivity index (χ3n) is 2.33. The minimum atomic E-state index is 0.684. The van der Waals surface area contributed by atoms with E-state index in [2.05, 4.69) is 23.8 Å². The molecule has 0 bridgehead atoms. The number of pyridine rings is 1. The van der Waals surface area contributed by atoms with Gasteiger partial charge in [-0.1, -0.05) is 30.7 Å². The van der Waals surface area contributed by atoms with Crippen LogP contribution in [0.5, 0.6) is 0 Å². The summed E-state index contributed by atoms with van der Waals surface area (Å²) in [5.74, 6) is 0.801. The maximum absolute atomic E-state index is 6.23. The summed E-state index contributed by atoms with van der Waals surface area (Å²) < 4.78 is 0. The maximum Gasteiger partial charge on any atom is 0.147 e. The van der Waals surface area contributed by atoms with Gasteiger partial charge in [-0.15, -0.1) is 0 Å². The van der Waals surface area contributed by atoms with Crippen LogP contribution in [0.4, 0.5) is 5.82 Å². The van der Waals surface area contributed by atoms with Crippen LogP contribution < -0.4 is 10.2 Å². The zero-order chi connectivity index (χ0) is 12.8. The van der Waals surface area contributed by atoms with Gasteiger partial charge in [0.2, 0.25) is 0 Å². The molecule has 0 saturated heterocycles. The number of nitrogens with one attached hydrogen (secondary N) is 1. The lowest BCUT2D eigenvalue weighted by atomic mass is 10.2. The highest BCUT2D eigenvalue weighted by Crippen LogP contribution is 2.23. The molecule has 17 heavy (non-hydrogen) atoms. The molecule has 1 aromatic heterocycles. The summed E-state index contributed by atoms with van der Waals surface area (Å²) in [6, 6.07) is 1.96. The van der Waals surface area contributed by atoms with Gasteiger partial charge in [0.15, 0.2) is 0 Å². The molecule has 94 valence electrons. The van der Waals surface area contributed by atoms with Crippen molar-refractivity contribution in [3.63, 3.8) is 0 Å². The first-order chi connectivity index (χ1) is 8.04. The highest BCUT2D eigenvalue weighted by molar-refractivity contribution is 6.33. The molecule has 0 aliphatic carbocycles. The van der Waals surface area contributed by atoms with E-state index in [-0.39, 0.29) is 0 Å². The van der Waals surface area contributed by atoms with Crippen molar-refractivity contribution in [2.24, 2.45) is 0 Å². The average Bonchev–Trinajstić information content (AvgIpc) is 2.25. The third kappa shape index (κ3) is 4.36. The van der Waals surface area contributed by atoms with Crippen molar-refractivity contribution in [1.29, 1.82) is 0 Å². The topological polar surface area (TPSA) is 28.2 Å². The van der Waals surface area contributed by atoms with Crippen molar-refractivity contribution in [3.05, 3.63) is 35.0 Å². The number of hydrogen-bond donors (Lipinski definition) is 1. The quantitative estimate of drug-likeness (QED) is 0.791. The van der Waals surface area contributed by atoms with Gasteiger partial charge < -0.3 is 10.2 Å². The zero-order valence-corrected chi connectivity index (χ0v) is 11.5. The van der Waals surface area contributed by atoms with E-state index in [1.165, 1.54) is 0 Å². The smallest absolute Gasteiger partial charge is 0.147 e. The van der Waals surface area contributed by atoms with Gasteiger partial charge in [-0.3, -0.25) is 0 Å². The van der Waals surface area contributed by atoms with Gasteiger partial charge in [0.25, 0.3) is 0 Å². The van der Waals surface area contributed by atoms with Crippen LogP contribution in [0.15, 0.2) is 24.4 Å². The van der Waals surface area contributed by atoms with E-state index >= 15 is 0 Å². The maximum atomic E-state index is 6.23. The van der Waals surface area contributed by atoms with E-state index in [0.717, 1.165) is 36.6 Å². The first kappa shape index (κ1) is 14.0. The Morgan fingerprint density at radius 1 is 1.59 bits per heavy atom. The Morgan fingerprint density at radius 2 is 2.29 bits per heavy atom. The molecule has 1 aromatic rings. The lowest BCUT2D eigenvalue weighted by molar-refractivity contribution is 0.724. The molecule has 3 nitrogen and oxygen atoms in total. The Labute approximate surface area is 108 Å². The first-order valence-corrected chi connectivity index (χ1v) is 6.13. The largest absolute Gasteiger partial charge is 0.354 e. The Kier molecular flexibility index (Phi) is 5.45. The molecular formula is C13H20ClN3. The number of hydrogen-bond acceptors (Lipinski definition) is 3. The van der Waals surface area contributed by atoms with Crippen LogP contribution in [0.25, 0.3) is 0 Å². The molecule has 1 rings (SSSR count). The molecule has 1 heterocycles. The molecule has 0 spiro atoms. The minimum absolute atomic E-state index is 0.684.